The molecule has 0 aromatic carbocycles. The quantitative estimate of drug-likeness (QED) is 0.789. The van der Waals surface area contributed by atoms with Crippen LogP contribution in [0.4, 0.5) is 5.82 Å². The van der Waals surface area contributed by atoms with Crippen molar-refractivity contribution >= 4 is 5.82 Å². The lowest BCUT2D eigenvalue weighted by Crippen LogP contribution is -2.22. The fourth-order valence-electron chi connectivity index (χ4n) is 2.68. The third kappa shape index (κ3) is 4.20. The first-order valence-corrected chi connectivity index (χ1v) is 8.05. The third-order valence-corrected chi connectivity index (χ3v) is 4.19. The molecule has 0 saturated heterocycles. The summed E-state index contributed by atoms with van der Waals surface area (Å²) in [5, 5.41) is 3.41. The highest BCUT2D eigenvalue weighted by atomic mass is 15.2. The topological polar surface area (TPSA) is 28.2 Å². The third-order valence-electron chi connectivity index (χ3n) is 4.19. The van der Waals surface area contributed by atoms with Crippen molar-refractivity contribution in [3.8, 4) is 0 Å². The molecular weight excluding hydrogens is 246 g/mol. The van der Waals surface area contributed by atoms with Crippen LogP contribution in [0.3, 0.4) is 0 Å². The van der Waals surface area contributed by atoms with Crippen LogP contribution in [0.1, 0.15) is 44.9 Å². The van der Waals surface area contributed by atoms with E-state index in [1.165, 1.54) is 17.7 Å². The van der Waals surface area contributed by atoms with Gasteiger partial charge in [-0.3, -0.25) is 0 Å². The molecule has 1 aliphatic carbocycles. The zero-order valence-electron chi connectivity index (χ0n) is 13.4. The minimum absolute atomic E-state index is 0.869. The fourth-order valence-corrected chi connectivity index (χ4v) is 2.68. The number of aromatic nitrogens is 1. The van der Waals surface area contributed by atoms with E-state index in [1.54, 1.807) is 0 Å². The second kappa shape index (κ2) is 7.07. The van der Waals surface area contributed by atoms with E-state index >= 15 is 0 Å². The highest BCUT2D eigenvalue weighted by Gasteiger charge is 2.33. The smallest absolute Gasteiger partial charge is 0.128 e. The summed E-state index contributed by atoms with van der Waals surface area (Å²) < 4.78 is 0. The minimum atomic E-state index is 0.869. The van der Waals surface area contributed by atoms with Crippen LogP contribution in [0.2, 0.25) is 0 Å². The molecule has 1 aromatic heterocycles. The van der Waals surface area contributed by atoms with Crippen LogP contribution in [0.15, 0.2) is 12.1 Å². The highest BCUT2D eigenvalue weighted by Crippen LogP contribution is 2.38. The number of hydrogen-bond acceptors (Lipinski definition) is 3. The molecule has 0 amide bonds. The van der Waals surface area contributed by atoms with E-state index in [2.05, 4.69) is 50.2 Å². The van der Waals surface area contributed by atoms with Gasteiger partial charge in [-0.05, 0) is 48.9 Å². The van der Waals surface area contributed by atoms with Gasteiger partial charge in [-0.25, -0.2) is 4.98 Å². The average Bonchev–Trinajstić information content (AvgIpc) is 3.12. The van der Waals surface area contributed by atoms with Crippen molar-refractivity contribution < 1.29 is 0 Å². The van der Waals surface area contributed by atoms with E-state index < -0.39 is 0 Å². The maximum atomic E-state index is 4.84. The second-order valence-electron chi connectivity index (χ2n) is 6.21. The number of aryl methyl sites for hydroxylation is 1. The van der Waals surface area contributed by atoms with Gasteiger partial charge in [0.1, 0.15) is 5.82 Å². The van der Waals surface area contributed by atoms with Crippen LogP contribution in [-0.4, -0.2) is 25.1 Å². The monoisotopic (exact) mass is 275 g/mol. The first-order valence-electron chi connectivity index (χ1n) is 8.05. The van der Waals surface area contributed by atoms with E-state index in [0.717, 1.165) is 50.1 Å². The number of nitrogens with zero attached hydrogens (tertiary/aromatic N) is 2. The summed E-state index contributed by atoms with van der Waals surface area (Å²) in [5.41, 5.74) is 2.59. The first kappa shape index (κ1) is 15.3. The molecule has 1 aromatic rings. The van der Waals surface area contributed by atoms with Gasteiger partial charge in [0.2, 0.25) is 0 Å². The van der Waals surface area contributed by atoms with Crippen molar-refractivity contribution in [1.82, 2.24) is 10.3 Å². The lowest BCUT2D eigenvalue weighted by molar-refractivity contribution is 0.707. The molecule has 2 rings (SSSR count). The van der Waals surface area contributed by atoms with Crippen molar-refractivity contribution in [1.29, 1.82) is 0 Å². The fraction of sp³-hybridized carbons (Fsp3) is 0.706. The Labute approximate surface area is 123 Å². The Morgan fingerprint density at radius 3 is 2.70 bits per heavy atom. The van der Waals surface area contributed by atoms with Crippen molar-refractivity contribution in [2.75, 3.05) is 25.0 Å². The molecule has 1 heterocycles. The number of rotatable bonds is 8. The molecule has 1 fully saturated rings. The van der Waals surface area contributed by atoms with Crippen molar-refractivity contribution in [3.63, 3.8) is 0 Å². The standard InChI is InChI=1S/C17H29N3/c1-5-7-16-9-14(11-18-6-2)10-17(19-16)20(4)12-15-8-13(15)3/h9-10,13,15,18H,5-8,11-12H2,1-4H3. The minimum Gasteiger partial charge on any atom is -0.359 e. The highest BCUT2D eigenvalue weighted by molar-refractivity contribution is 5.42. The second-order valence-corrected chi connectivity index (χ2v) is 6.21. The molecule has 1 N–H and O–H groups in total. The van der Waals surface area contributed by atoms with Crippen molar-refractivity contribution in [2.24, 2.45) is 11.8 Å². The Hall–Kier alpha value is -1.09. The Morgan fingerprint density at radius 1 is 1.35 bits per heavy atom. The van der Waals surface area contributed by atoms with E-state index in [4.69, 9.17) is 4.98 Å². The van der Waals surface area contributed by atoms with Gasteiger partial charge in [0.05, 0.1) is 0 Å². The molecule has 3 nitrogen and oxygen atoms in total. The summed E-state index contributed by atoms with van der Waals surface area (Å²) >= 11 is 0. The van der Waals surface area contributed by atoms with Crippen LogP contribution in [0.25, 0.3) is 0 Å². The molecule has 2 unspecified atom stereocenters. The summed E-state index contributed by atoms with van der Waals surface area (Å²) in [5.74, 6) is 2.91. The van der Waals surface area contributed by atoms with Gasteiger partial charge in [-0.2, -0.15) is 0 Å². The molecule has 20 heavy (non-hydrogen) atoms. The van der Waals surface area contributed by atoms with Gasteiger partial charge in [0.15, 0.2) is 0 Å². The zero-order chi connectivity index (χ0) is 14.5. The molecule has 2 atom stereocenters. The summed E-state index contributed by atoms with van der Waals surface area (Å²) in [6, 6.07) is 4.50. The van der Waals surface area contributed by atoms with Crippen molar-refractivity contribution in [3.05, 3.63) is 23.4 Å². The van der Waals surface area contributed by atoms with Gasteiger partial charge in [-0.1, -0.05) is 27.2 Å². The largest absolute Gasteiger partial charge is 0.359 e. The number of hydrogen-bond donors (Lipinski definition) is 1. The molecule has 3 heteroatoms. The van der Waals surface area contributed by atoms with E-state index in [1.807, 2.05) is 0 Å². The Bertz CT molecular complexity index is 430. The molecule has 0 aliphatic heterocycles. The van der Waals surface area contributed by atoms with Gasteiger partial charge in [-0.15, -0.1) is 0 Å². The molecule has 1 saturated carbocycles. The molecular formula is C17H29N3. The first-order chi connectivity index (χ1) is 9.63. The molecule has 1 aliphatic rings. The summed E-state index contributed by atoms with van der Waals surface area (Å²) in [7, 11) is 2.18. The number of nitrogens with one attached hydrogen (secondary N) is 1. The maximum Gasteiger partial charge on any atom is 0.128 e. The number of anilines is 1. The molecule has 0 spiro atoms. The average molecular weight is 275 g/mol. The van der Waals surface area contributed by atoms with Gasteiger partial charge in [0, 0.05) is 25.8 Å². The van der Waals surface area contributed by atoms with Crippen LogP contribution in [-0.2, 0) is 13.0 Å². The van der Waals surface area contributed by atoms with Crippen molar-refractivity contribution in [2.45, 2.75) is 46.6 Å². The van der Waals surface area contributed by atoms with Gasteiger partial charge < -0.3 is 10.2 Å². The predicted octanol–water partition coefficient (Wildman–Crippen LogP) is 3.24. The molecule has 112 valence electrons. The normalized spacial score (nSPS) is 21.0. The maximum absolute atomic E-state index is 4.84. The van der Waals surface area contributed by atoms with E-state index in [0.29, 0.717) is 0 Å². The molecule has 0 bridgehead atoms. The Morgan fingerprint density at radius 2 is 2.10 bits per heavy atom. The Kier molecular flexibility index (Phi) is 5.41. The Balaban J connectivity index is 2.09. The number of pyridine rings is 1. The summed E-state index contributed by atoms with van der Waals surface area (Å²) in [4.78, 5) is 7.17. The van der Waals surface area contributed by atoms with Gasteiger partial charge in [0.25, 0.3) is 0 Å². The van der Waals surface area contributed by atoms with Crippen LogP contribution in [0, 0.1) is 11.8 Å². The lowest BCUT2D eigenvalue weighted by Gasteiger charge is -2.20. The van der Waals surface area contributed by atoms with Crippen LogP contribution < -0.4 is 10.2 Å². The van der Waals surface area contributed by atoms with E-state index in [-0.39, 0.29) is 0 Å². The predicted molar refractivity (Wildman–Crippen MR) is 86.2 cm³/mol. The SMILES string of the molecule is CCCc1cc(CNCC)cc(N(C)CC2CC2C)n1. The molecule has 0 radical (unpaired) electrons. The zero-order valence-corrected chi connectivity index (χ0v) is 13.4. The lowest BCUT2D eigenvalue weighted by atomic mass is 10.1. The van der Waals surface area contributed by atoms with Crippen LogP contribution in [0.5, 0.6) is 0 Å². The summed E-state index contributed by atoms with van der Waals surface area (Å²) in [6.07, 6.45) is 3.60. The van der Waals surface area contributed by atoms with Gasteiger partial charge >= 0.3 is 0 Å². The van der Waals surface area contributed by atoms with E-state index in [9.17, 15) is 0 Å². The van der Waals surface area contributed by atoms with Crippen LogP contribution >= 0.6 is 0 Å². The summed E-state index contributed by atoms with van der Waals surface area (Å²) in [6.45, 7) is 9.80.